The van der Waals surface area contributed by atoms with Crippen LogP contribution in [0.4, 0.5) is 5.69 Å². The zero-order valence-corrected chi connectivity index (χ0v) is 22.6. The number of ether oxygens (including phenoxy) is 2. The number of fused-ring (bicyclic) bond motifs is 5. The zero-order valence-electron chi connectivity index (χ0n) is 22.6. The molecule has 1 saturated heterocycles. The van der Waals surface area contributed by atoms with Gasteiger partial charge in [-0.1, -0.05) is 38.5 Å². The van der Waals surface area contributed by atoms with Crippen molar-refractivity contribution >= 4 is 29.3 Å². The highest BCUT2D eigenvalue weighted by Crippen LogP contribution is 2.58. The van der Waals surface area contributed by atoms with Gasteiger partial charge in [0.15, 0.2) is 0 Å². The van der Waals surface area contributed by atoms with Gasteiger partial charge in [0.1, 0.15) is 5.78 Å². The Morgan fingerprint density at radius 3 is 2.39 bits per heavy atom. The summed E-state index contributed by atoms with van der Waals surface area (Å²) in [5.74, 6) is -1.71. The summed E-state index contributed by atoms with van der Waals surface area (Å²) in [6.07, 6.45) is 1.48. The van der Waals surface area contributed by atoms with Gasteiger partial charge in [-0.15, -0.1) is 0 Å². The first kappa shape index (κ1) is 27.8. The minimum atomic E-state index is -0.961. The van der Waals surface area contributed by atoms with E-state index >= 15 is 0 Å². The van der Waals surface area contributed by atoms with Crippen LogP contribution in [0, 0.1) is 17.8 Å². The summed E-state index contributed by atoms with van der Waals surface area (Å²) < 4.78 is 11.1. The van der Waals surface area contributed by atoms with Gasteiger partial charge in [-0.3, -0.25) is 19.2 Å². The van der Waals surface area contributed by atoms with Crippen LogP contribution in [0.2, 0.25) is 0 Å². The lowest BCUT2D eigenvalue weighted by Crippen LogP contribution is -2.65. The third-order valence-corrected chi connectivity index (χ3v) is 8.01. The van der Waals surface area contributed by atoms with E-state index in [9.17, 15) is 19.2 Å². The Hall–Kier alpha value is -2.74. The van der Waals surface area contributed by atoms with Crippen LogP contribution < -0.4 is 4.90 Å². The number of hydrogen-bond donors (Lipinski definition) is 0. The average Bonchev–Trinajstić information content (AvgIpc) is 3.14. The van der Waals surface area contributed by atoms with Crippen molar-refractivity contribution in [2.24, 2.45) is 17.8 Å². The fraction of sp³-hybridized carbons (Fsp3) is 0.643. The van der Waals surface area contributed by atoms with Crippen molar-refractivity contribution in [3.05, 3.63) is 29.8 Å². The Morgan fingerprint density at radius 2 is 1.81 bits per heavy atom. The van der Waals surface area contributed by atoms with Crippen molar-refractivity contribution in [3.8, 4) is 0 Å². The summed E-state index contributed by atoms with van der Waals surface area (Å²) in [4.78, 5) is 55.0. The van der Waals surface area contributed by atoms with E-state index < -0.39 is 23.3 Å². The van der Waals surface area contributed by atoms with E-state index in [1.54, 1.807) is 16.8 Å². The minimum Gasteiger partial charge on any atom is -0.469 e. The highest BCUT2D eigenvalue weighted by atomic mass is 16.5. The molecule has 0 unspecified atom stereocenters. The third-order valence-electron chi connectivity index (χ3n) is 8.01. The number of benzene rings is 1. The number of carbonyl (C=O) groups excluding carboxylic acids is 4. The number of anilines is 1. The number of rotatable bonds is 4. The number of para-hydroxylation sites is 1. The molecule has 0 radical (unpaired) electrons. The molecule has 1 saturated carbocycles. The van der Waals surface area contributed by atoms with Crippen LogP contribution in [0.25, 0.3) is 0 Å². The molecule has 0 N–H and O–H groups in total. The van der Waals surface area contributed by atoms with E-state index in [-0.39, 0.29) is 42.0 Å². The smallest absolute Gasteiger partial charge is 0.311 e. The predicted molar refractivity (Wildman–Crippen MR) is 136 cm³/mol. The lowest BCUT2D eigenvalue weighted by Gasteiger charge is -2.53. The van der Waals surface area contributed by atoms with E-state index in [0.29, 0.717) is 19.6 Å². The predicted octanol–water partition coefficient (Wildman–Crippen LogP) is 3.36. The molecule has 2 aliphatic heterocycles. The fourth-order valence-corrected chi connectivity index (χ4v) is 6.36. The Bertz CT molecular complexity index is 1010. The summed E-state index contributed by atoms with van der Waals surface area (Å²) in [6.45, 7) is 9.81. The molecule has 4 rings (SSSR count). The highest BCUT2D eigenvalue weighted by Gasteiger charge is 2.65. The largest absolute Gasteiger partial charge is 0.469 e. The second-order valence-electron chi connectivity index (χ2n) is 10.3. The Morgan fingerprint density at radius 1 is 1.17 bits per heavy atom. The molecule has 1 aliphatic carbocycles. The molecular formula is C28H40N2O6. The number of Topliss-reactive ketones (excluding diaryl/α,β-unsaturated/α-hetero) is 1. The molecule has 1 aromatic carbocycles. The molecule has 2 fully saturated rings. The summed E-state index contributed by atoms with van der Waals surface area (Å²) in [5.41, 5.74) is 0.583. The van der Waals surface area contributed by atoms with Crippen LogP contribution >= 0.6 is 0 Å². The van der Waals surface area contributed by atoms with Crippen molar-refractivity contribution in [3.63, 3.8) is 0 Å². The van der Waals surface area contributed by atoms with Gasteiger partial charge in [0, 0.05) is 45.5 Å². The molecule has 1 aromatic rings. The second kappa shape index (κ2) is 11.1. The van der Waals surface area contributed by atoms with Crippen molar-refractivity contribution in [2.75, 3.05) is 32.2 Å². The first-order chi connectivity index (χ1) is 17.1. The molecular weight excluding hydrogens is 460 g/mol. The molecule has 36 heavy (non-hydrogen) atoms. The summed E-state index contributed by atoms with van der Waals surface area (Å²) in [7, 11) is 3.06. The van der Waals surface area contributed by atoms with Gasteiger partial charge in [-0.25, -0.2) is 0 Å². The normalized spacial score (nSPS) is 30.2. The van der Waals surface area contributed by atoms with Crippen LogP contribution in [0.5, 0.6) is 0 Å². The Labute approximate surface area is 214 Å². The topological polar surface area (TPSA) is 93.2 Å². The van der Waals surface area contributed by atoms with Crippen LogP contribution in [-0.2, 0) is 34.1 Å². The van der Waals surface area contributed by atoms with Crippen molar-refractivity contribution < 1.29 is 28.7 Å². The molecule has 8 nitrogen and oxygen atoms in total. The van der Waals surface area contributed by atoms with Crippen molar-refractivity contribution in [1.29, 1.82) is 0 Å². The summed E-state index contributed by atoms with van der Waals surface area (Å²) in [5, 5.41) is 0. The molecule has 198 valence electrons. The molecule has 6 atom stereocenters. The minimum absolute atomic E-state index is 0.00454. The number of esters is 1. The maximum Gasteiger partial charge on any atom is 0.311 e. The van der Waals surface area contributed by atoms with Gasteiger partial charge in [0.05, 0.1) is 37.2 Å². The molecule has 8 heteroatoms. The monoisotopic (exact) mass is 500 g/mol. The molecule has 0 aromatic heterocycles. The number of amides is 2. The Balaban J connectivity index is 0.00000115. The number of methoxy groups -OCH3 is 1. The fourth-order valence-electron chi connectivity index (χ4n) is 6.36. The maximum atomic E-state index is 14.1. The SMILES string of the molecule is CCC.COC(=O)[C@@H]1[C@@H]2CC(=O)[C@@]3(CCN(C)C(C)=O)c4ccccc4N(C(C)=O)[C@H]3[C@@H]2CO[C@@H]1C. The van der Waals surface area contributed by atoms with Crippen LogP contribution in [0.15, 0.2) is 24.3 Å². The molecule has 2 heterocycles. The standard InChI is InChI=1S/C25H32N2O6.C3H8/c1-14-22(24(31)32-5)17-12-21(30)25(10-11-26(4)15(2)28)19-8-6-7-9-20(19)27(16(3)29)23(25)18(17)13-33-14;1-3-2/h6-9,14,17-18,22-23H,10-13H2,1-5H3;3H2,1-2H3/t14-,17-,18-,22+,23+,25-;/m1./s1. The van der Waals surface area contributed by atoms with Crippen molar-refractivity contribution in [2.45, 2.75) is 71.4 Å². The van der Waals surface area contributed by atoms with Crippen LogP contribution in [-0.4, -0.2) is 67.9 Å². The van der Waals surface area contributed by atoms with Gasteiger partial charge in [-0.05, 0) is 30.9 Å². The number of carbonyl (C=O) groups is 4. The second-order valence-corrected chi connectivity index (χ2v) is 10.3. The summed E-state index contributed by atoms with van der Waals surface area (Å²) in [6, 6.07) is 7.05. The van der Waals surface area contributed by atoms with E-state index in [0.717, 1.165) is 11.3 Å². The van der Waals surface area contributed by atoms with Gasteiger partial charge >= 0.3 is 5.97 Å². The quantitative estimate of drug-likeness (QED) is 0.589. The molecule has 3 aliphatic rings. The Kier molecular flexibility index (Phi) is 8.59. The van der Waals surface area contributed by atoms with Crippen LogP contribution in [0.1, 0.15) is 59.4 Å². The zero-order chi connectivity index (χ0) is 26.8. The van der Waals surface area contributed by atoms with Crippen molar-refractivity contribution in [1.82, 2.24) is 4.90 Å². The number of ketones is 1. The first-order valence-electron chi connectivity index (χ1n) is 12.9. The summed E-state index contributed by atoms with van der Waals surface area (Å²) >= 11 is 0. The van der Waals surface area contributed by atoms with E-state index in [2.05, 4.69) is 13.8 Å². The van der Waals surface area contributed by atoms with Crippen LogP contribution in [0.3, 0.4) is 0 Å². The lowest BCUT2D eigenvalue weighted by atomic mass is 9.55. The first-order valence-corrected chi connectivity index (χ1v) is 12.9. The van der Waals surface area contributed by atoms with E-state index in [1.807, 2.05) is 31.2 Å². The van der Waals surface area contributed by atoms with E-state index in [4.69, 9.17) is 9.47 Å². The highest BCUT2D eigenvalue weighted by molar-refractivity contribution is 6.04. The average molecular weight is 501 g/mol. The lowest BCUT2D eigenvalue weighted by molar-refractivity contribution is -0.172. The van der Waals surface area contributed by atoms with Gasteiger partial charge < -0.3 is 19.3 Å². The van der Waals surface area contributed by atoms with E-state index in [1.165, 1.54) is 27.4 Å². The number of nitrogens with zero attached hydrogens (tertiary/aromatic N) is 2. The van der Waals surface area contributed by atoms with Gasteiger partial charge in [-0.2, -0.15) is 0 Å². The van der Waals surface area contributed by atoms with Gasteiger partial charge in [0.2, 0.25) is 11.8 Å². The number of hydrogen-bond acceptors (Lipinski definition) is 6. The maximum absolute atomic E-state index is 14.1. The molecule has 0 spiro atoms. The third kappa shape index (κ3) is 4.56. The van der Waals surface area contributed by atoms with Gasteiger partial charge in [0.25, 0.3) is 0 Å². The molecule has 0 bridgehead atoms. The molecule has 2 amide bonds.